The minimum absolute atomic E-state index is 0.0235. The first-order valence-electron chi connectivity index (χ1n) is 13.1. The lowest BCUT2D eigenvalue weighted by Crippen LogP contribution is -2.60. The van der Waals surface area contributed by atoms with Crippen LogP contribution in [-0.4, -0.2) is 71.1 Å². The molecule has 0 bridgehead atoms. The van der Waals surface area contributed by atoms with Gasteiger partial charge < -0.3 is 15.6 Å². The average molecular weight is 556 g/mol. The van der Waals surface area contributed by atoms with Gasteiger partial charge in [-0.1, -0.05) is 0 Å². The summed E-state index contributed by atoms with van der Waals surface area (Å²) in [6.45, 7) is 5.23. The van der Waals surface area contributed by atoms with Crippen molar-refractivity contribution in [1.82, 2.24) is 19.2 Å². The molecule has 2 aliphatic rings. The Hall–Kier alpha value is -3.92. The SMILES string of the molecule is Cc1c(C(N)=O)c([N+]2(c3ccc(O)cc3C#N)CCN(C3CCOCC3)CC2)nn1-c1ccc(C(F)(F)F)cc1. The van der Waals surface area contributed by atoms with Crippen LogP contribution in [0.25, 0.3) is 5.69 Å². The maximum atomic E-state index is 13.2. The number of primary amides is 1. The van der Waals surface area contributed by atoms with Crippen LogP contribution < -0.4 is 10.2 Å². The number of phenols is 1. The fourth-order valence-corrected chi connectivity index (χ4v) is 5.91. The molecule has 210 valence electrons. The summed E-state index contributed by atoms with van der Waals surface area (Å²) in [7, 11) is 0. The molecule has 0 aliphatic carbocycles. The van der Waals surface area contributed by atoms with Gasteiger partial charge in [-0.05, 0) is 50.1 Å². The van der Waals surface area contributed by atoms with Gasteiger partial charge in [0.2, 0.25) is 0 Å². The number of piperazine rings is 1. The first-order chi connectivity index (χ1) is 19.0. The van der Waals surface area contributed by atoms with E-state index in [0.717, 1.165) is 25.0 Å². The Balaban J connectivity index is 1.65. The highest BCUT2D eigenvalue weighted by molar-refractivity contribution is 5.99. The van der Waals surface area contributed by atoms with Crippen LogP contribution in [0.15, 0.2) is 42.5 Å². The zero-order valence-electron chi connectivity index (χ0n) is 22.0. The highest BCUT2D eigenvalue weighted by Crippen LogP contribution is 2.42. The molecule has 0 saturated carbocycles. The van der Waals surface area contributed by atoms with E-state index in [4.69, 9.17) is 15.6 Å². The van der Waals surface area contributed by atoms with Crippen molar-refractivity contribution in [2.75, 3.05) is 39.4 Å². The van der Waals surface area contributed by atoms with Gasteiger partial charge in [0.1, 0.15) is 36.0 Å². The molecule has 40 heavy (non-hydrogen) atoms. The van der Waals surface area contributed by atoms with Crippen LogP contribution in [0.3, 0.4) is 0 Å². The van der Waals surface area contributed by atoms with Crippen molar-refractivity contribution in [3.05, 3.63) is 64.8 Å². The number of nitrogens with two attached hydrogens (primary N) is 1. The van der Waals surface area contributed by atoms with Gasteiger partial charge in [0.25, 0.3) is 11.7 Å². The van der Waals surface area contributed by atoms with Gasteiger partial charge >= 0.3 is 6.18 Å². The molecule has 0 radical (unpaired) electrons. The van der Waals surface area contributed by atoms with Gasteiger partial charge in [-0.3, -0.25) is 9.69 Å². The number of hydrogen-bond acceptors (Lipinski definition) is 6. The van der Waals surface area contributed by atoms with E-state index in [9.17, 15) is 28.3 Å². The molecule has 3 heterocycles. The number of quaternary nitrogens is 1. The summed E-state index contributed by atoms with van der Waals surface area (Å²) < 4.78 is 46.5. The largest absolute Gasteiger partial charge is 0.508 e. The Morgan fingerprint density at radius 2 is 1.80 bits per heavy atom. The molecule has 0 unspecified atom stereocenters. The van der Waals surface area contributed by atoms with E-state index in [0.29, 0.717) is 68.3 Å². The van der Waals surface area contributed by atoms with Crippen LogP contribution in [0.1, 0.15) is 40.0 Å². The van der Waals surface area contributed by atoms with Gasteiger partial charge in [0.15, 0.2) is 5.69 Å². The third-order valence-corrected chi connectivity index (χ3v) is 8.00. The number of amides is 1. The highest BCUT2D eigenvalue weighted by atomic mass is 19.4. The van der Waals surface area contributed by atoms with Crippen LogP contribution in [-0.2, 0) is 10.9 Å². The van der Waals surface area contributed by atoms with E-state index in [1.807, 2.05) is 0 Å². The number of carbonyl (C=O) groups excluding carboxylic acids is 1. The number of nitrogens with zero attached hydrogens (tertiary/aromatic N) is 5. The van der Waals surface area contributed by atoms with Crippen molar-refractivity contribution in [2.45, 2.75) is 32.0 Å². The molecule has 2 aliphatic heterocycles. The minimum Gasteiger partial charge on any atom is -0.508 e. The Morgan fingerprint density at radius 1 is 1.15 bits per heavy atom. The number of benzene rings is 2. The summed E-state index contributed by atoms with van der Waals surface area (Å²) in [5.41, 5.74) is 6.75. The average Bonchev–Trinajstić information content (AvgIpc) is 3.31. The topological polar surface area (TPSA) is 117 Å². The molecule has 3 N–H and O–H groups in total. The molecule has 1 amide bonds. The number of halogens is 3. The van der Waals surface area contributed by atoms with Crippen LogP contribution >= 0.6 is 0 Å². The zero-order valence-corrected chi connectivity index (χ0v) is 22.0. The predicted molar refractivity (Wildman–Crippen MR) is 141 cm³/mol. The number of carbonyl (C=O) groups is 1. The second-order valence-corrected chi connectivity index (χ2v) is 10.2. The summed E-state index contributed by atoms with van der Waals surface area (Å²) in [6.07, 6.45) is -2.67. The van der Waals surface area contributed by atoms with Gasteiger partial charge in [-0.2, -0.15) is 18.4 Å². The first-order valence-corrected chi connectivity index (χ1v) is 13.1. The first kappa shape index (κ1) is 27.6. The summed E-state index contributed by atoms with van der Waals surface area (Å²) in [5, 5.41) is 24.9. The summed E-state index contributed by atoms with van der Waals surface area (Å²) in [5.74, 6) is -0.480. The van der Waals surface area contributed by atoms with Gasteiger partial charge in [0, 0.05) is 44.5 Å². The molecule has 5 rings (SSSR count). The summed E-state index contributed by atoms with van der Waals surface area (Å²) in [6, 6.07) is 11.6. The number of aromatic hydroxyl groups is 1. The fraction of sp³-hybridized carbons (Fsp3) is 0.393. The van der Waals surface area contributed by atoms with Crippen molar-refractivity contribution in [3.63, 3.8) is 0 Å². The molecule has 0 atom stereocenters. The van der Waals surface area contributed by atoms with Crippen LogP contribution in [0.5, 0.6) is 5.75 Å². The quantitative estimate of drug-likeness (QED) is 0.460. The van der Waals surface area contributed by atoms with Crippen molar-refractivity contribution >= 4 is 17.4 Å². The van der Waals surface area contributed by atoms with Crippen molar-refractivity contribution in [2.24, 2.45) is 5.73 Å². The molecule has 3 aromatic rings. The Bertz CT molecular complexity index is 1450. The molecule has 2 fully saturated rings. The molecule has 1 aromatic heterocycles. The smallest absolute Gasteiger partial charge is 0.416 e. The number of alkyl halides is 3. The monoisotopic (exact) mass is 555 g/mol. The number of nitriles is 1. The Labute approximate surface area is 229 Å². The minimum atomic E-state index is -4.49. The molecular formula is C28H30F3N6O3+. The Morgan fingerprint density at radius 3 is 2.38 bits per heavy atom. The van der Waals surface area contributed by atoms with E-state index < -0.39 is 17.6 Å². The molecule has 2 aromatic carbocycles. The Kier molecular flexibility index (Phi) is 7.31. The highest BCUT2D eigenvalue weighted by Gasteiger charge is 2.46. The van der Waals surface area contributed by atoms with E-state index >= 15 is 0 Å². The van der Waals surface area contributed by atoms with Gasteiger partial charge in [-0.15, -0.1) is 5.10 Å². The third-order valence-electron chi connectivity index (χ3n) is 8.00. The summed E-state index contributed by atoms with van der Waals surface area (Å²) in [4.78, 5) is 15.3. The van der Waals surface area contributed by atoms with E-state index in [-0.39, 0.29) is 21.4 Å². The van der Waals surface area contributed by atoms with E-state index in [2.05, 4.69) is 11.0 Å². The van der Waals surface area contributed by atoms with Gasteiger partial charge in [-0.25, -0.2) is 9.16 Å². The molecular weight excluding hydrogens is 525 g/mol. The lowest BCUT2D eigenvalue weighted by atomic mass is 10.0. The maximum absolute atomic E-state index is 13.2. The van der Waals surface area contributed by atoms with Crippen molar-refractivity contribution in [3.8, 4) is 17.5 Å². The number of rotatable bonds is 5. The molecule has 0 spiro atoms. The lowest BCUT2D eigenvalue weighted by molar-refractivity contribution is -0.137. The summed E-state index contributed by atoms with van der Waals surface area (Å²) >= 11 is 0. The fourth-order valence-electron chi connectivity index (χ4n) is 5.91. The second kappa shape index (κ2) is 10.6. The number of hydrogen-bond donors (Lipinski definition) is 2. The number of aromatic nitrogens is 2. The van der Waals surface area contributed by atoms with E-state index in [1.165, 1.54) is 28.9 Å². The third kappa shape index (κ3) is 4.92. The second-order valence-electron chi connectivity index (χ2n) is 10.2. The molecule has 9 nitrogen and oxygen atoms in total. The number of phenolic OH excluding ortho intramolecular Hbond substituents is 1. The van der Waals surface area contributed by atoms with Gasteiger partial charge in [0.05, 0.1) is 16.9 Å². The molecule has 12 heteroatoms. The van der Waals surface area contributed by atoms with Crippen LogP contribution in [0.4, 0.5) is 24.7 Å². The standard InChI is InChI=1S/C28H29F3N6O3/c1-18-25(26(33)39)27(34-36(18)22-4-2-20(3-5-22)28(29,30)31)37(24-7-6-23(38)16-19(24)17-32)12-10-35(11-13-37)21-8-14-40-15-9-21/h2-7,16,21H,8-15H2,1H3,(H2-,33,38,39)/p+1. The maximum Gasteiger partial charge on any atom is 0.416 e. The zero-order chi connectivity index (χ0) is 28.7. The van der Waals surface area contributed by atoms with Crippen molar-refractivity contribution in [1.29, 1.82) is 5.26 Å². The number of ether oxygens (including phenoxy) is 1. The van der Waals surface area contributed by atoms with Crippen LogP contribution in [0.2, 0.25) is 0 Å². The van der Waals surface area contributed by atoms with E-state index in [1.54, 1.807) is 13.0 Å². The van der Waals surface area contributed by atoms with Crippen LogP contribution in [0, 0.1) is 18.3 Å². The normalized spacial score (nSPS) is 18.4. The van der Waals surface area contributed by atoms with Crippen molar-refractivity contribution < 1.29 is 27.8 Å². The molecule has 2 saturated heterocycles. The lowest BCUT2D eigenvalue weighted by Gasteiger charge is -2.45. The predicted octanol–water partition coefficient (Wildman–Crippen LogP) is 4.01.